The van der Waals surface area contributed by atoms with E-state index in [1.165, 1.54) is 26.0 Å². The second-order valence-electron chi connectivity index (χ2n) is 17.6. The van der Waals surface area contributed by atoms with Crippen molar-refractivity contribution in [2.45, 2.75) is 128 Å². The maximum atomic E-state index is 14.9. The standard InChI is InChI=1S/C43H53NO14/c1-22-26(55-37(51)32(48)30(24-15-11-9-12-16-24)44-38(52)58-39(3,4)5)20-43(53)35(56-36(50)25-17-13-10-14-18-25)33-41(8,34(49)31(47)29(22)40(43,6)7)27(46)19-28-42(33,21-54-28)57-23(2)45/h9-18,26-28,30-33,35,46-48,53H,19-21H2,1-8H3,(H,44,52)/t26-,27+,28-,30+,31-,32+,33?,35-,41-,42-,43-/m1/s1. The van der Waals surface area contributed by atoms with E-state index in [9.17, 15) is 44.4 Å². The molecule has 1 unspecified atom stereocenters. The summed E-state index contributed by atoms with van der Waals surface area (Å²) in [7, 11) is 0. The van der Waals surface area contributed by atoms with Crippen LogP contribution in [0.25, 0.3) is 0 Å². The van der Waals surface area contributed by atoms with Gasteiger partial charge in [0.15, 0.2) is 17.5 Å². The van der Waals surface area contributed by atoms with Crippen LogP contribution in [-0.2, 0) is 38.1 Å². The first-order valence-corrected chi connectivity index (χ1v) is 19.3. The molecule has 1 heterocycles. The number of carbonyl (C=O) groups is 5. The van der Waals surface area contributed by atoms with Crippen molar-refractivity contribution < 1.29 is 68.1 Å². The summed E-state index contributed by atoms with van der Waals surface area (Å²) in [4.78, 5) is 68.9. The Morgan fingerprint density at radius 2 is 1.55 bits per heavy atom. The van der Waals surface area contributed by atoms with Crippen molar-refractivity contribution >= 4 is 29.8 Å². The van der Waals surface area contributed by atoms with E-state index < -0.39 is 112 Å². The molecule has 11 atom stereocenters. The summed E-state index contributed by atoms with van der Waals surface area (Å²) < 4.78 is 29.5. The number of fused-ring (bicyclic) bond motifs is 5. The molecule has 6 rings (SSSR count). The quantitative estimate of drug-likeness (QED) is 0.147. The number of carbonyl (C=O) groups excluding carboxylic acids is 5. The Morgan fingerprint density at radius 1 is 0.948 bits per heavy atom. The summed E-state index contributed by atoms with van der Waals surface area (Å²) in [5, 5.41) is 51.6. The van der Waals surface area contributed by atoms with Crippen LogP contribution in [-0.4, -0.2) is 110 Å². The van der Waals surface area contributed by atoms with Crippen molar-refractivity contribution in [3.05, 3.63) is 82.9 Å². The molecule has 2 aromatic carbocycles. The molecule has 3 fully saturated rings. The molecule has 314 valence electrons. The van der Waals surface area contributed by atoms with E-state index >= 15 is 0 Å². The summed E-state index contributed by atoms with van der Waals surface area (Å²) in [5.41, 5.74) is -8.14. The van der Waals surface area contributed by atoms with Crippen molar-refractivity contribution in [2.24, 2.45) is 16.7 Å². The summed E-state index contributed by atoms with van der Waals surface area (Å²) in [6, 6.07) is 14.6. The van der Waals surface area contributed by atoms with Crippen molar-refractivity contribution in [1.82, 2.24) is 5.32 Å². The largest absolute Gasteiger partial charge is 0.456 e. The van der Waals surface area contributed by atoms with Crippen molar-refractivity contribution in [3.8, 4) is 0 Å². The van der Waals surface area contributed by atoms with Crippen LogP contribution in [0.4, 0.5) is 4.79 Å². The normalized spacial score (nSPS) is 33.7. The minimum absolute atomic E-state index is 0.0637. The Hall–Kier alpha value is -4.67. The third-order valence-electron chi connectivity index (χ3n) is 12.6. The van der Waals surface area contributed by atoms with Crippen LogP contribution in [0.15, 0.2) is 71.8 Å². The fraction of sp³-hybridized carbons (Fsp3) is 0.558. The topological polar surface area (TPSA) is 224 Å². The predicted molar refractivity (Wildman–Crippen MR) is 204 cm³/mol. The van der Waals surface area contributed by atoms with Gasteiger partial charge in [-0.2, -0.15) is 0 Å². The molecule has 0 aromatic heterocycles. The van der Waals surface area contributed by atoms with E-state index in [2.05, 4.69) is 5.32 Å². The van der Waals surface area contributed by atoms with Crippen molar-refractivity contribution in [1.29, 1.82) is 0 Å². The van der Waals surface area contributed by atoms with Crippen LogP contribution in [0, 0.1) is 16.7 Å². The lowest BCUT2D eigenvalue weighted by Crippen LogP contribution is -2.81. The molecule has 4 aliphatic rings. The fourth-order valence-corrected chi connectivity index (χ4v) is 9.56. The zero-order valence-corrected chi connectivity index (χ0v) is 33.9. The number of alkyl carbamates (subject to hydrolysis) is 1. The second-order valence-corrected chi connectivity index (χ2v) is 17.6. The lowest BCUT2D eigenvalue weighted by molar-refractivity contribution is -0.346. The number of hydrogen-bond donors (Lipinski definition) is 5. The zero-order valence-electron chi connectivity index (χ0n) is 33.9. The zero-order chi connectivity index (χ0) is 42.7. The Bertz CT molecular complexity index is 1980. The molecular weight excluding hydrogens is 754 g/mol. The smallest absolute Gasteiger partial charge is 0.408 e. The van der Waals surface area contributed by atoms with Crippen molar-refractivity contribution in [2.75, 3.05) is 6.61 Å². The first-order chi connectivity index (χ1) is 27.0. The molecule has 1 aliphatic heterocycles. The molecule has 58 heavy (non-hydrogen) atoms. The highest BCUT2D eigenvalue weighted by Crippen LogP contribution is 2.64. The van der Waals surface area contributed by atoms with Gasteiger partial charge in [-0.3, -0.25) is 9.59 Å². The van der Waals surface area contributed by atoms with Gasteiger partial charge in [0, 0.05) is 25.2 Å². The van der Waals surface area contributed by atoms with Gasteiger partial charge in [0.25, 0.3) is 0 Å². The fourth-order valence-electron chi connectivity index (χ4n) is 9.56. The Morgan fingerprint density at radius 3 is 2.10 bits per heavy atom. The minimum Gasteiger partial charge on any atom is -0.456 e. The SMILES string of the molecule is CC(=O)O[C@]12CO[C@@H]1C[C@H](O)[C@@]1(C)C(=O)[C@H](O)C3=C(C)[C@H](OC(=O)[C@@H](O)[C@@H](NC(=O)OC(C)(C)C)c4ccccc4)C[C@@](O)([C@H](OC(=O)c4ccccc4)C21)C3(C)C. The number of esters is 3. The molecule has 5 N–H and O–H groups in total. The summed E-state index contributed by atoms with van der Waals surface area (Å²) in [6.07, 6.45) is -11.5. The van der Waals surface area contributed by atoms with Gasteiger partial charge >= 0.3 is 24.0 Å². The van der Waals surface area contributed by atoms with Gasteiger partial charge in [-0.25, -0.2) is 14.4 Å². The number of ether oxygens (including phenoxy) is 5. The van der Waals surface area contributed by atoms with Crippen LogP contribution >= 0.6 is 0 Å². The van der Waals surface area contributed by atoms with E-state index in [0.29, 0.717) is 5.56 Å². The second kappa shape index (κ2) is 15.2. The first kappa shape index (κ1) is 42.9. The predicted octanol–water partition coefficient (Wildman–Crippen LogP) is 3.26. The summed E-state index contributed by atoms with van der Waals surface area (Å²) in [5.74, 6) is -5.36. The molecule has 3 aliphatic carbocycles. The summed E-state index contributed by atoms with van der Waals surface area (Å²) >= 11 is 0. The van der Waals surface area contributed by atoms with Crippen molar-refractivity contribution in [3.63, 3.8) is 0 Å². The third-order valence-corrected chi connectivity index (χ3v) is 12.6. The summed E-state index contributed by atoms with van der Waals surface area (Å²) in [6.45, 7) is 11.8. The molecule has 2 bridgehead atoms. The van der Waals surface area contributed by atoms with E-state index in [1.54, 1.807) is 83.1 Å². The number of aliphatic hydroxyl groups is 4. The van der Waals surface area contributed by atoms with Gasteiger partial charge in [-0.15, -0.1) is 0 Å². The lowest BCUT2D eigenvalue weighted by Gasteiger charge is -2.67. The van der Waals surface area contributed by atoms with Crippen LogP contribution < -0.4 is 5.32 Å². The highest BCUT2D eigenvalue weighted by atomic mass is 16.6. The minimum atomic E-state index is -2.35. The lowest BCUT2D eigenvalue weighted by atomic mass is 9.44. The number of amides is 1. The van der Waals surface area contributed by atoms with E-state index in [-0.39, 0.29) is 29.7 Å². The number of Topliss-reactive ketones (excluding diaryl/α,β-unsaturated/α-hetero) is 1. The Labute approximate surface area is 336 Å². The number of aliphatic hydroxyl groups excluding tert-OH is 3. The van der Waals surface area contributed by atoms with Gasteiger partial charge in [-0.1, -0.05) is 62.4 Å². The maximum Gasteiger partial charge on any atom is 0.408 e. The number of rotatable bonds is 8. The Kier molecular flexibility index (Phi) is 11.2. The average Bonchev–Trinajstić information content (AvgIpc) is 3.14. The molecule has 0 spiro atoms. The van der Waals surface area contributed by atoms with E-state index in [4.69, 9.17) is 23.7 Å². The van der Waals surface area contributed by atoms with E-state index in [1.807, 2.05) is 0 Å². The number of ketones is 1. The molecule has 15 nitrogen and oxygen atoms in total. The number of nitrogens with one attached hydrogen (secondary N) is 1. The number of benzene rings is 2. The highest BCUT2D eigenvalue weighted by molar-refractivity contribution is 5.94. The van der Waals surface area contributed by atoms with Crippen LogP contribution in [0.2, 0.25) is 0 Å². The van der Waals surface area contributed by atoms with Gasteiger partial charge in [0.05, 0.1) is 35.6 Å². The number of hydrogen-bond acceptors (Lipinski definition) is 14. The molecular formula is C43H53NO14. The van der Waals surface area contributed by atoms with Crippen LogP contribution in [0.3, 0.4) is 0 Å². The highest BCUT2D eigenvalue weighted by Gasteiger charge is 2.78. The molecule has 2 aromatic rings. The maximum absolute atomic E-state index is 14.9. The monoisotopic (exact) mass is 807 g/mol. The van der Waals surface area contributed by atoms with Gasteiger partial charge in [-0.05, 0) is 63.5 Å². The van der Waals surface area contributed by atoms with Crippen LogP contribution in [0.1, 0.15) is 90.2 Å². The molecule has 2 saturated carbocycles. The molecule has 1 amide bonds. The molecule has 15 heteroatoms. The average molecular weight is 808 g/mol. The molecule has 1 saturated heterocycles. The molecule has 0 radical (unpaired) electrons. The first-order valence-electron chi connectivity index (χ1n) is 19.3. The third kappa shape index (κ3) is 7.10. The van der Waals surface area contributed by atoms with Gasteiger partial charge in [0.2, 0.25) is 0 Å². The Balaban J connectivity index is 1.49. The van der Waals surface area contributed by atoms with Crippen LogP contribution in [0.5, 0.6) is 0 Å². The van der Waals surface area contributed by atoms with Gasteiger partial charge < -0.3 is 49.4 Å². The van der Waals surface area contributed by atoms with E-state index in [0.717, 1.165) is 6.92 Å². The van der Waals surface area contributed by atoms with Gasteiger partial charge in [0.1, 0.15) is 35.6 Å².